The molecule has 3 heterocycles. The van der Waals surface area contributed by atoms with Gasteiger partial charge in [-0.05, 0) is 42.3 Å². The maximum absolute atomic E-state index is 13.2. The van der Waals surface area contributed by atoms with Crippen molar-refractivity contribution in [2.45, 2.75) is 32.2 Å². The Morgan fingerprint density at radius 2 is 1.81 bits per heavy atom. The van der Waals surface area contributed by atoms with Crippen LogP contribution in [0.2, 0.25) is 0 Å². The Morgan fingerprint density at radius 3 is 2.53 bits per heavy atom. The number of rotatable bonds is 6. The third-order valence-electron chi connectivity index (χ3n) is 6.25. The zero-order chi connectivity index (χ0) is 22.5. The highest BCUT2D eigenvalue weighted by molar-refractivity contribution is 7.12. The molecule has 0 spiro atoms. The summed E-state index contributed by atoms with van der Waals surface area (Å²) in [5.74, 6) is -0.0407. The smallest absolute Gasteiger partial charge is 0.264 e. The van der Waals surface area contributed by atoms with E-state index in [-0.39, 0.29) is 23.8 Å². The van der Waals surface area contributed by atoms with Gasteiger partial charge in [-0.2, -0.15) is 0 Å². The summed E-state index contributed by atoms with van der Waals surface area (Å²) in [7, 11) is 0. The minimum absolute atomic E-state index is 0.0332. The van der Waals surface area contributed by atoms with Gasteiger partial charge in [-0.25, -0.2) is 0 Å². The molecule has 7 nitrogen and oxygen atoms in total. The number of thiophene rings is 1. The molecule has 0 radical (unpaired) electrons. The molecular formula is C24H30N4O3S. The number of hydrogen-bond donors (Lipinski definition) is 1. The quantitative estimate of drug-likeness (QED) is 0.729. The number of likely N-dealkylation sites (tertiary alicyclic amines) is 1. The Hall–Kier alpha value is -2.71. The largest absolute Gasteiger partial charge is 0.338 e. The van der Waals surface area contributed by atoms with Crippen LogP contribution in [-0.4, -0.2) is 77.7 Å². The number of piperazine rings is 1. The lowest BCUT2D eigenvalue weighted by atomic mass is 10.1. The maximum Gasteiger partial charge on any atom is 0.264 e. The Bertz CT molecular complexity index is 954. The average molecular weight is 455 g/mol. The molecule has 0 aliphatic carbocycles. The van der Waals surface area contributed by atoms with Gasteiger partial charge in [0.05, 0.1) is 11.4 Å². The second-order valence-electron chi connectivity index (χ2n) is 8.29. The number of amides is 3. The molecule has 3 amide bonds. The first-order chi connectivity index (χ1) is 15.6. The summed E-state index contributed by atoms with van der Waals surface area (Å²) in [4.78, 5) is 44.8. The molecule has 1 aromatic heterocycles. The van der Waals surface area contributed by atoms with Crippen LogP contribution in [-0.2, 0) is 16.0 Å². The van der Waals surface area contributed by atoms with Gasteiger partial charge in [0.15, 0.2) is 0 Å². The molecule has 170 valence electrons. The van der Waals surface area contributed by atoms with Crippen LogP contribution in [0.5, 0.6) is 0 Å². The zero-order valence-corrected chi connectivity index (χ0v) is 19.3. The molecule has 0 bridgehead atoms. The van der Waals surface area contributed by atoms with Crippen molar-refractivity contribution in [3.8, 4) is 0 Å². The molecule has 2 aliphatic heterocycles. The van der Waals surface area contributed by atoms with Crippen LogP contribution < -0.4 is 5.32 Å². The normalized spacial score (nSPS) is 19.2. The van der Waals surface area contributed by atoms with E-state index in [0.29, 0.717) is 44.1 Å². The summed E-state index contributed by atoms with van der Waals surface area (Å²) in [5.41, 5.74) is 1.99. The Kier molecular flexibility index (Phi) is 7.22. The van der Waals surface area contributed by atoms with Crippen molar-refractivity contribution in [3.63, 3.8) is 0 Å². The maximum atomic E-state index is 13.2. The van der Waals surface area contributed by atoms with Crippen molar-refractivity contribution >= 4 is 34.7 Å². The van der Waals surface area contributed by atoms with E-state index in [2.05, 4.69) is 17.1 Å². The monoisotopic (exact) mass is 454 g/mol. The van der Waals surface area contributed by atoms with Crippen molar-refractivity contribution in [1.82, 2.24) is 14.7 Å². The van der Waals surface area contributed by atoms with Gasteiger partial charge in [-0.3, -0.25) is 19.3 Å². The number of hydrogen-bond acceptors (Lipinski definition) is 5. The van der Waals surface area contributed by atoms with Crippen molar-refractivity contribution in [2.24, 2.45) is 0 Å². The number of carbonyl (C=O) groups is 3. The molecule has 1 atom stereocenters. The first-order valence-corrected chi connectivity index (χ1v) is 12.2. The number of nitrogens with zero attached hydrogens (tertiary/aromatic N) is 3. The molecular weight excluding hydrogens is 424 g/mol. The van der Waals surface area contributed by atoms with E-state index in [1.807, 2.05) is 46.7 Å². The van der Waals surface area contributed by atoms with Gasteiger partial charge < -0.3 is 15.1 Å². The lowest BCUT2D eigenvalue weighted by Gasteiger charge is -2.37. The predicted molar refractivity (Wildman–Crippen MR) is 126 cm³/mol. The summed E-state index contributed by atoms with van der Waals surface area (Å²) >= 11 is 1.42. The fourth-order valence-electron chi connectivity index (χ4n) is 4.49. The van der Waals surface area contributed by atoms with E-state index in [1.54, 1.807) is 4.90 Å². The highest BCUT2D eigenvalue weighted by Crippen LogP contribution is 2.24. The van der Waals surface area contributed by atoms with Crippen molar-refractivity contribution in [3.05, 3.63) is 52.2 Å². The van der Waals surface area contributed by atoms with Crippen LogP contribution in [0.15, 0.2) is 41.8 Å². The topological polar surface area (TPSA) is 73.0 Å². The van der Waals surface area contributed by atoms with Gasteiger partial charge in [0.1, 0.15) is 6.04 Å². The highest BCUT2D eigenvalue weighted by Gasteiger charge is 2.38. The molecule has 2 fully saturated rings. The summed E-state index contributed by atoms with van der Waals surface area (Å²) in [5, 5.41) is 4.90. The summed E-state index contributed by atoms with van der Waals surface area (Å²) in [6.45, 7) is 5.48. The Labute approximate surface area is 193 Å². The first kappa shape index (κ1) is 22.5. The number of nitrogens with one attached hydrogen (secondary N) is 1. The summed E-state index contributed by atoms with van der Waals surface area (Å²) < 4.78 is 0. The predicted octanol–water partition coefficient (Wildman–Crippen LogP) is 2.70. The fraction of sp³-hybridized carbons (Fsp3) is 0.458. The van der Waals surface area contributed by atoms with E-state index < -0.39 is 0 Å². The lowest BCUT2D eigenvalue weighted by molar-refractivity contribution is -0.137. The molecule has 2 aliphatic rings. The molecule has 2 aromatic rings. The van der Waals surface area contributed by atoms with E-state index in [4.69, 9.17) is 0 Å². The lowest BCUT2D eigenvalue weighted by Crippen LogP contribution is -2.55. The number of aryl methyl sites for hydroxylation is 1. The van der Waals surface area contributed by atoms with Crippen LogP contribution >= 0.6 is 11.3 Å². The zero-order valence-electron chi connectivity index (χ0n) is 18.5. The molecule has 8 heteroatoms. The SMILES string of the molecule is CCc1ccccc1NC(=O)CN1CCN(C(=O)[C@@H]2CCCN2C(=O)c2cccs2)CC1. The van der Waals surface area contributed by atoms with Crippen molar-refractivity contribution < 1.29 is 14.4 Å². The molecule has 1 aromatic carbocycles. The fourth-order valence-corrected chi connectivity index (χ4v) is 5.17. The second kappa shape index (κ2) is 10.3. The van der Waals surface area contributed by atoms with Crippen LogP contribution in [0.1, 0.15) is 35.0 Å². The number of carbonyl (C=O) groups excluding carboxylic acids is 3. The van der Waals surface area contributed by atoms with Crippen molar-refractivity contribution in [2.75, 3.05) is 44.6 Å². The van der Waals surface area contributed by atoms with Gasteiger partial charge in [-0.15, -0.1) is 11.3 Å². The van der Waals surface area contributed by atoms with E-state index in [9.17, 15) is 14.4 Å². The van der Waals surface area contributed by atoms with Crippen molar-refractivity contribution in [1.29, 1.82) is 0 Å². The van der Waals surface area contributed by atoms with E-state index in [0.717, 1.165) is 30.5 Å². The highest BCUT2D eigenvalue weighted by atomic mass is 32.1. The summed E-state index contributed by atoms with van der Waals surface area (Å²) in [6.07, 6.45) is 2.44. The summed E-state index contributed by atoms with van der Waals surface area (Å²) in [6, 6.07) is 11.2. The number of anilines is 1. The third-order valence-corrected chi connectivity index (χ3v) is 7.11. The van der Waals surface area contributed by atoms with Crippen LogP contribution in [0, 0.1) is 0 Å². The molecule has 2 saturated heterocycles. The average Bonchev–Trinajstić information content (AvgIpc) is 3.51. The standard InChI is InChI=1S/C24H30N4O3S/c1-2-18-7-3-4-8-19(18)25-22(29)17-26-12-14-27(15-13-26)23(30)20-9-5-11-28(20)24(31)21-10-6-16-32-21/h3-4,6-8,10,16,20H,2,5,9,11-15,17H2,1H3,(H,25,29)/t20-/m0/s1. The van der Waals surface area contributed by atoms with Crippen LogP contribution in [0.3, 0.4) is 0 Å². The first-order valence-electron chi connectivity index (χ1n) is 11.3. The van der Waals surface area contributed by atoms with Gasteiger partial charge in [0.2, 0.25) is 11.8 Å². The number of benzene rings is 1. The molecule has 32 heavy (non-hydrogen) atoms. The minimum atomic E-state index is -0.370. The Morgan fingerprint density at radius 1 is 1.03 bits per heavy atom. The van der Waals surface area contributed by atoms with Gasteiger partial charge in [0.25, 0.3) is 5.91 Å². The molecule has 1 N–H and O–H groups in total. The molecule has 0 unspecified atom stereocenters. The van der Waals surface area contributed by atoms with E-state index >= 15 is 0 Å². The van der Waals surface area contributed by atoms with Crippen LogP contribution in [0.4, 0.5) is 5.69 Å². The Balaban J connectivity index is 1.28. The molecule has 0 saturated carbocycles. The van der Waals surface area contributed by atoms with Gasteiger partial charge in [-0.1, -0.05) is 31.2 Å². The van der Waals surface area contributed by atoms with Gasteiger partial charge >= 0.3 is 0 Å². The molecule has 4 rings (SSSR count). The van der Waals surface area contributed by atoms with E-state index in [1.165, 1.54) is 11.3 Å². The minimum Gasteiger partial charge on any atom is -0.338 e. The second-order valence-corrected chi connectivity index (χ2v) is 9.24. The van der Waals surface area contributed by atoms with Crippen LogP contribution in [0.25, 0.3) is 0 Å². The third kappa shape index (κ3) is 5.02. The number of para-hydroxylation sites is 1. The van der Waals surface area contributed by atoms with Gasteiger partial charge in [0, 0.05) is 38.4 Å².